The fourth-order valence-corrected chi connectivity index (χ4v) is 1.73. The second-order valence-electron chi connectivity index (χ2n) is 3.61. The largest absolute Gasteiger partial charge is 0.462 e. The first kappa shape index (κ1) is 12.2. The predicted molar refractivity (Wildman–Crippen MR) is 58.5 cm³/mol. The number of carbonyl (C=O) groups is 3. The number of esters is 1. The quantitative estimate of drug-likeness (QED) is 0.459. The van der Waals surface area contributed by atoms with Crippen LogP contribution in [0, 0.1) is 0 Å². The molecule has 0 saturated carbocycles. The SMILES string of the molecule is CCOC(=O)C(F)N1C(=O)c2ccccc2C1=O. The summed E-state index contributed by atoms with van der Waals surface area (Å²) in [4.78, 5) is 35.1. The van der Waals surface area contributed by atoms with Crippen molar-refractivity contribution in [2.75, 3.05) is 6.61 Å². The number of amides is 2. The second kappa shape index (κ2) is 4.56. The maximum absolute atomic E-state index is 13.8. The van der Waals surface area contributed by atoms with Crippen LogP contribution < -0.4 is 0 Å². The molecule has 18 heavy (non-hydrogen) atoms. The summed E-state index contributed by atoms with van der Waals surface area (Å²) in [5, 5.41) is 0. The van der Waals surface area contributed by atoms with E-state index in [9.17, 15) is 18.8 Å². The highest BCUT2D eigenvalue weighted by molar-refractivity contribution is 6.22. The molecule has 0 saturated heterocycles. The number of fused-ring (bicyclic) bond motifs is 1. The van der Waals surface area contributed by atoms with Crippen LogP contribution in [0.25, 0.3) is 0 Å². The van der Waals surface area contributed by atoms with Crippen LogP contribution in [-0.4, -0.2) is 35.6 Å². The normalized spacial score (nSPS) is 15.6. The molecule has 6 heteroatoms. The average molecular weight is 251 g/mol. The zero-order valence-electron chi connectivity index (χ0n) is 9.55. The molecule has 2 amide bonds. The summed E-state index contributed by atoms with van der Waals surface area (Å²) in [6.07, 6.45) is -2.41. The number of rotatable bonds is 3. The van der Waals surface area contributed by atoms with Gasteiger partial charge in [-0.15, -0.1) is 0 Å². The lowest BCUT2D eigenvalue weighted by atomic mass is 10.1. The van der Waals surface area contributed by atoms with Crippen molar-refractivity contribution in [3.8, 4) is 0 Å². The maximum Gasteiger partial charge on any atom is 0.362 e. The zero-order chi connectivity index (χ0) is 13.3. The van der Waals surface area contributed by atoms with Crippen LogP contribution >= 0.6 is 0 Å². The molecular formula is C12H10FNO4. The Bertz CT molecular complexity index is 494. The number of carbonyl (C=O) groups excluding carboxylic acids is 3. The molecule has 0 aromatic heterocycles. The van der Waals surface area contributed by atoms with E-state index in [1.807, 2.05) is 0 Å². The molecule has 1 atom stereocenters. The molecule has 94 valence electrons. The van der Waals surface area contributed by atoms with Crippen molar-refractivity contribution in [3.05, 3.63) is 35.4 Å². The molecule has 1 unspecified atom stereocenters. The molecule has 1 aliphatic heterocycles. The molecule has 1 aliphatic rings. The van der Waals surface area contributed by atoms with Crippen LogP contribution in [0.2, 0.25) is 0 Å². The lowest BCUT2D eigenvalue weighted by molar-refractivity contribution is -0.153. The van der Waals surface area contributed by atoms with E-state index in [2.05, 4.69) is 4.74 Å². The van der Waals surface area contributed by atoms with E-state index in [1.165, 1.54) is 19.1 Å². The van der Waals surface area contributed by atoms with Gasteiger partial charge < -0.3 is 4.74 Å². The summed E-state index contributed by atoms with van der Waals surface area (Å²) in [6.45, 7) is 1.48. The smallest absolute Gasteiger partial charge is 0.362 e. The summed E-state index contributed by atoms with van der Waals surface area (Å²) in [6, 6.07) is 5.94. The highest BCUT2D eigenvalue weighted by Crippen LogP contribution is 2.25. The first-order valence-electron chi connectivity index (χ1n) is 5.35. The minimum atomic E-state index is -2.41. The number of nitrogens with zero attached hydrogens (tertiary/aromatic N) is 1. The number of imide groups is 1. The minimum absolute atomic E-state index is 0.0254. The molecular weight excluding hydrogens is 241 g/mol. The zero-order valence-corrected chi connectivity index (χ0v) is 9.55. The lowest BCUT2D eigenvalue weighted by Gasteiger charge is -2.17. The van der Waals surface area contributed by atoms with E-state index in [1.54, 1.807) is 12.1 Å². The molecule has 0 bridgehead atoms. The summed E-state index contributed by atoms with van der Waals surface area (Å²) in [7, 11) is 0. The van der Waals surface area contributed by atoms with Crippen LogP contribution in [0.3, 0.4) is 0 Å². The molecule has 0 fully saturated rings. The number of ether oxygens (including phenoxy) is 1. The third-order valence-corrected chi connectivity index (χ3v) is 2.53. The molecule has 1 aromatic carbocycles. The Kier molecular flexibility index (Phi) is 3.10. The van der Waals surface area contributed by atoms with Gasteiger partial charge in [0, 0.05) is 0 Å². The summed E-state index contributed by atoms with van der Waals surface area (Å²) in [5.74, 6) is -2.89. The Morgan fingerprint density at radius 1 is 1.28 bits per heavy atom. The van der Waals surface area contributed by atoms with E-state index in [0.29, 0.717) is 0 Å². The number of alkyl halides is 1. The first-order chi connectivity index (χ1) is 8.57. The van der Waals surface area contributed by atoms with E-state index < -0.39 is 24.1 Å². The average Bonchev–Trinajstić information content (AvgIpc) is 2.62. The minimum Gasteiger partial charge on any atom is -0.462 e. The summed E-state index contributed by atoms with van der Waals surface area (Å²) in [5.41, 5.74) is 0.184. The Balaban J connectivity index is 2.31. The van der Waals surface area contributed by atoms with Crippen molar-refractivity contribution >= 4 is 17.8 Å². The van der Waals surface area contributed by atoms with Gasteiger partial charge in [0.05, 0.1) is 17.7 Å². The van der Waals surface area contributed by atoms with Crippen LogP contribution in [0.5, 0.6) is 0 Å². The van der Waals surface area contributed by atoms with E-state index in [-0.39, 0.29) is 22.6 Å². The standard InChI is InChI=1S/C12H10FNO4/c1-2-18-12(17)9(13)14-10(15)7-5-3-4-6-8(7)11(14)16/h3-6,9H,2H2,1H3. The van der Waals surface area contributed by atoms with Crippen LogP contribution in [-0.2, 0) is 9.53 Å². The van der Waals surface area contributed by atoms with Crippen molar-refractivity contribution in [1.29, 1.82) is 0 Å². The lowest BCUT2D eigenvalue weighted by Crippen LogP contribution is -2.42. The van der Waals surface area contributed by atoms with Gasteiger partial charge >= 0.3 is 5.97 Å². The molecule has 2 rings (SSSR count). The van der Waals surface area contributed by atoms with Crippen molar-refractivity contribution in [3.63, 3.8) is 0 Å². The molecule has 0 spiro atoms. The molecule has 0 N–H and O–H groups in total. The number of hydrogen-bond donors (Lipinski definition) is 0. The number of benzene rings is 1. The van der Waals surface area contributed by atoms with E-state index >= 15 is 0 Å². The van der Waals surface area contributed by atoms with Gasteiger partial charge in [0.15, 0.2) is 0 Å². The summed E-state index contributed by atoms with van der Waals surface area (Å²) >= 11 is 0. The topological polar surface area (TPSA) is 63.7 Å². The van der Waals surface area contributed by atoms with Crippen molar-refractivity contribution < 1.29 is 23.5 Å². The molecule has 0 radical (unpaired) electrons. The van der Waals surface area contributed by atoms with Crippen molar-refractivity contribution in [2.24, 2.45) is 0 Å². The van der Waals surface area contributed by atoms with Gasteiger partial charge in [-0.05, 0) is 19.1 Å². The predicted octanol–water partition coefficient (Wildman–Crippen LogP) is 1.14. The van der Waals surface area contributed by atoms with E-state index in [0.717, 1.165) is 0 Å². The maximum atomic E-state index is 13.8. The van der Waals surface area contributed by atoms with Gasteiger partial charge in [-0.25, -0.2) is 14.1 Å². The molecule has 1 heterocycles. The van der Waals surface area contributed by atoms with Gasteiger partial charge in [0.25, 0.3) is 18.1 Å². The highest BCUT2D eigenvalue weighted by atomic mass is 19.1. The van der Waals surface area contributed by atoms with E-state index in [4.69, 9.17) is 0 Å². The van der Waals surface area contributed by atoms with Crippen LogP contribution in [0.15, 0.2) is 24.3 Å². The Morgan fingerprint density at radius 3 is 2.22 bits per heavy atom. The number of hydrogen-bond acceptors (Lipinski definition) is 4. The third-order valence-electron chi connectivity index (χ3n) is 2.53. The van der Waals surface area contributed by atoms with Crippen molar-refractivity contribution in [1.82, 2.24) is 4.90 Å². The van der Waals surface area contributed by atoms with Gasteiger partial charge in [-0.2, -0.15) is 0 Å². The highest BCUT2D eigenvalue weighted by Gasteiger charge is 2.43. The van der Waals surface area contributed by atoms with Crippen LogP contribution in [0.1, 0.15) is 27.6 Å². The van der Waals surface area contributed by atoms with Crippen LogP contribution in [0.4, 0.5) is 4.39 Å². The fourth-order valence-electron chi connectivity index (χ4n) is 1.73. The Morgan fingerprint density at radius 2 is 1.78 bits per heavy atom. The monoisotopic (exact) mass is 251 g/mol. The molecule has 5 nitrogen and oxygen atoms in total. The summed E-state index contributed by atoms with van der Waals surface area (Å²) < 4.78 is 18.2. The third kappa shape index (κ3) is 1.75. The fraction of sp³-hybridized carbons (Fsp3) is 0.250. The van der Waals surface area contributed by atoms with Gasteiger partial charge in [-0.3, -0.25) is 9.59 Å². The van der Waals surface area contributed by atoms with Gasteiger partial charge in [0.2, 0.25) is 0 Å². The second-order valence-corrected chi connectivity index (χ2v) is 3.61. The van der Waals surface area contributed by atoms with Crippen molar-refractivity contribution in [2.45, 2.75) is 13.2 Å². The Hall–Kier alpha value is -2.24. The number of halogens is 1. The van der Waals surface area contributed by atoms with Gasteiger partial charge in [-0.1, -0.05) is 12.1 Å². The van der Waals surface area contributed by atoms with Gasteiger partial charge in [0.1, 0.15) is 0 Å². The molecule has 1 aromatic rings. The molecule has 0 aliphatic carbocycles. The Labute approximate surface area is 102 Å². The first-order valence-corrected chi connectivity index (χ1v) is 5.35.